The van der Waals surface area contributed by atoms with Crippen molar-refractivity contribution in [1.29, 1.82) is 0 Å². The highest BCUT2D eigenvalue weighted by molar-refractivity contribution is 5.88. The van der Waals surface area contributed by atoms with Crippen LogP contribution in [0.2, 0.25) is 0 Å². The van der Waals surface area contributed by atoms with Gasteiger partial charge in [-0.25, -0.2) is 0 Å². The van der Waals surface area contributed by atoms with E-state index in [1.54, 1.807) is 0 Å². The molecule has 0 aromatic heterocycles. The van der Waals surface area contributed by atoms with Crippen LogP contribution in [0.25, 0.3) is 22.3 Å². The minimum atomic E-state index is -0.357. The van der Waals surface area contributed by atoms with Gasteiger partial charge < -0.3 is 5.32 Å². The van der Waals surface area contributed by atoms with Gasteiger partial charge in [0.2, 0.25) is 0 Å². The maximum atomic E-state index is 3.65. The number of anilines is 2. The van der Waals surface area contributed by atoms with Crippen LogP contribution in [0.5, 0.6) is 0 Å². The first kappa shape index (κ1) is 22.3. The summed E-state index contributed by atoms with van der Waals surface area (Å²) < 4.78 is 0. The molecule has 0 fully saturated rings. The van der Waals surface area contributed by atoms with Crippen LogP contribution in [0.3, 0.4) is 0 Å². The molecular formula is C37H27N. The summed E-state index contributed by atoms with van der Waals surface area (Å²) in [5.41, 5.74) is 12.0. The van der Waals surface area contributed by atoms with Gasteiger partial charge >= 0.3 is 0 Å². The van der Waals surface area contributed by atoms with E-state index in [-0.39, 0.29) is 5.41 Å². The molecule has 1 aliphatic rings. The molecular weight excluding hydrogens is 458 g/mol. The first-order chi connectivity index (χ1) is 18.8. The number of hydrogen-bond acceptors (Lipinski definition) is 1. The Labute approximate surface area is 224 Å². The average Bonchev–Trinajstić information content (AvgIpc) is 3.29. The van der Waals surface area contributed by atoms with Crippen molar-refractivity contribution in [1.82, 2.24) is 0 Å². The lowest BCUT2D eigenvalue weighted by Crippen LogP contribution is -2.28. The number of rotatable bonds is 5. The van der Waals surface area contributed by atoms with E-state index in [0.717, 1.165) is 11.4 Å². The topological polar surface area (TPSA) is 12.0 Å². The summed E-state index contributed by atoms with van der Waals surface area (Å²) >= 11 is 0. The Morgan fingerprint density at radius 3 is 1.53 bits per heavy atom. The molecule has 0 atom stereocenters. The highest BCUT2D eigenvalue weighted by atomic mass is 14.9. The van der Waals surface area contributed by atoms with Crippen molar-refractivity contribution in [2.24, 2.45) is 0 Å². The van der Waals surface area contributed by atoms with Crippen LogP contribution < -0.4 is 5.32 Å². The summed E-state index contributed by atoms with van der Waals surface area (Å²) in [6, 6.07) is 56.7. The van der Waals surface area contributed by atoms with Gasteiger partial charge in [0.25, 0.3) is 0 Å². The van der Waals surface area contributed by atoms with Crippen molar-refractivity contribution in [2.45, 2.75) is 5.41 Å². The number of benzene rings is 6. The Hall–Kier alpha value is -4.88. The molecule has 0 saturated heterocycles. The summed E-state index contributed by atoms with van der Waals surface area (Å²) in [6.45, 7) is 0. The smallest absolute Gasteiger partial charge is 0.0713 e. The van der Waals surface area contributed by atoms with Crippen molar-refractivity contribution in [3.8, 4) is 22.3 Å². The Kier molecular flexibility index (Phi) is 5.41. The number of fused-ring (bicyclic) bond motifs is 3. The van der Waals surface area contributed by atoms with Crippen LogP contribution in [0.4, 0.5) is 11.4 Å². The van der Waals surface area contributed by atoms with Crippen LogP contribution >= 0.6 is 0 Å². The highest BCUT2D eigenvalue weighted by Crippen LogP contribution is 2.56. The molecule has 0 unspecified atom stereocenters. The Morgan fingerprint density at radius 1 is 0.368 bits per heavy atom. The van der Waals surface area contributed by atoms with Crippen LogP contribution in [0, 0.1) is 0 Å². The Balaban J connectivity index is 1.34. The van der Waals surface area contributed by atoms with Gasteiger partial charge in [0, 0.05) is 11.4 Å². The second-order valence-corrected chi connectivity index (χ2v) is 9.86. The summed E-state index contributed by atoms with van der Waals surface area (Å²) in [6.07, 6.45) is 0. The molecule has 38 heavy (non-hydrogen) atoms. The van der Waals surface area contributed by atoms with Crippen molar-refractivity contribution in [2.75, 3.05) is 5.32 Å². The largest absolute Gasteiger partial charge is 0.356 e. The van der Waals surface area contributed by atoms with Gasteiger partial charge in [0.15, 0.2) is 0 Å². The molecule has 1 heteroatoms. The molecule has 0 aliphatic heterocycles. The van der Waals surface area contributed by atoms with Gasteiger partial charge in [0.05, 0.1) is 5.41 Å². The maximum Gasteiger partial charge on any atom is 0.0713 e. The fourth-order valence-corrected chi connectivity index (χ4v) is 6.07. The zero-order chi connectivity index (χ0) is 25.4. The molecule has 0 heterocycles. The Bertz CT molecular complexity index is 1660. The first-order valence-corrected chi connectivity index (χ1v) is 13.1. The van der Waals surface area contributed by atoms with Crippen LogP contribution in [-0.4, -0.2) is 0 Å². The molecule has 1 N–H and O–H groups in total. The van der Waals surface area contributed by atoms with Gasteiger partial charge in [-0.1, -0.05) is 133 Å². The number of hydrogen-bond donors (Lipinski definition) is 1. The van der Waals surface area contributed by atoms with E-state index in [0.29, 0.717) is 0 Å². The lowest BCUT2D eigenvalue weighted by atomic mass is 9.68. The lowest BCUT2D eigenvalue weighted by Gasteiger charge is -2.33. The fraction of sp³-hybridized carbons (Fsp3) is 0.0270. The molecule has 0 radical (unpaired) electrons. The summed E-state index contributed by atoms with van der Waals surface area (Å²) in [4.78, 5) is 0. The van der Waals surface area contributed by atoms with E-state index < -0.39 is 0 Å². The Morgan fingerprint density at radius 2 is 0.868 bits per heavy atom. The second kappa shape index (κ2) is 9.21. The van der Waals surface area contributed by atoms with Crippen molar-refractivity contribution in [3.63, 3.8) is 0 Å². The molecule has 0 amide bonds. The van der Waals surface area contributed by atoms with E-state index in [4.69, 9.17) is 0 Å². The molecule has 6 aromatic carbocycles. The van der Waals surface area contributed by atoms with E-state index >= 15 is 0 Å². The molecule has 1 nitrogen and oxygen atoms in total. The number of nitrogens with one attached hydrogen (secondary N) is 1. The zero-order valence-corrected chi connectivity index (χ0v) is 21.0. The first-order valence-electron chi connectivity index (χ1n) is 13.1. The van der Waals surface area contributed by atoms with E-state index in [1.165, 1.54) is 44.5 Å². The minimum absolute atomic E-state index is 0.357. The van der Waals surface area contributed by atoms with Crippen molar-refractivity contribution < 1.29 is 0 Å². The molecule has 0 bridgehead atoms. The minimum Gasteiger partial charge on any atom is -0.356 e. The standard InChI is InChI=1S/C37H27N/c1-4-12-27(13-5-1)28-20-22-31(23-21-28)38-32-24-25-36-34(26-32)33-18-10-11-19-35(33)37(36,29-14-6-2-7-15-29)30-16-8-3-9-17-30/h1-26,38H. The summed E-state index contributed by atoms with van der Waals surface area (Å²) in [5.74, 6) is 0. The second-order valence-electron chi connectivity index (χ2n) is 9.86. The predicted octanol–water partition coefficient (Wildman–Crippen LogP) is 9.46. The van der Waals surface area contributed by atoms with E-state index in [9.17, 15) is 0 Å². The third-order valence-electron chi connectivity index (χ3n) is 7.74. The average molecular weight is 486 g/mol. The summed E-state index contributed by atoms with van der Waals surface area (Å²) in [5, 5.41) is 3.65. The maximum absolute atomic E-state index is 3.65. The van der Waals surface area contributed by atoms with E-state index in [1.807, 2.05) is 0 Å². The molecule has 180 valence electrons. The van der Waals surface area contributed by atoms with Gasteiger partial charge in [-0.05, 0) is 68.8 Å². The fourth-order valence-electron chi connectivity index (χ4n) is 6.07. The molecule has 6 aromatic rings. The predicted molar refractivity (Wildman–Crippen MR) is 159 cm³/mol. The summed E-state index contributed by atoms with van der Waals surface area (Å²) in [7, 11) is 0. The molecule has 7 rings (SSSR count). The molecule has 1 aliphatic carbocycles. The highest BCUT2D eigenvalue weighted by Gasteiger charge is 2.45. The normalized spacial score (nSPS) is 12.9. The third-order valence-corrected chi connectivity index (χ3v) is 7.74. The monoisotopic (exact) mass is 485 g/mol. The lowest BCUT2D eigenvalue weighted by molar-refractivity contribution is 0.768. The van der Waals surface area contributed by atoms with Crippen LogP contribution in [-0.2, 0) is 5.41 Å². The van der Waals surface area contributed by atoms with Crippen LogP contribution in [0.1, 0.15) is 22.3 Å². The zero-order valence-electron chi connectivity index (χ0n) is 21.0. The van der Waals surface area contributed by atoms with Gasteiger partial charge in [-0.2, -0.15) is 0 Å². The van der Waals surface area contributed by atoms with Crippen molar-refractivity contribution in [3.05, 3.63) is 180 Å². The molecule has 0 saturated carbocycles. The van der Waals surface area contributed by atoms with Crippen LogP contribution in [0.15, 0.2) is 158 Å². The van der Waals surface area contributed by atoms with Gasteiger partial charge in [0.1, 0.15) is 0 Å². The third kappa shape index (κ3) is 3.55. The molecule has 0 spiro atoms. The van der Waals surface area contributed by atoms with E-state index in [2.05, 4.69) is 163 Å². The van der Waals surface area contributed by atoms with Crippen molar-refractivity contribution >= 4 is 11.4 Å². The SMILES string of the molecule is c1ccc(-c2ccc(Nc3ccc4c(c3)-c3ccccc3C4(c3ccccc3)c3ccccc3)cc2)cc1. The quantitative estimate of drug-likeness (QED) is 0.256. The van der Waals surface area contributed by atoms with Gasteiger partial charge in [-0.15, -0.1) is 0 Å². The van der Waals surface area contributed by atoms with Gasteiger partial charge in [-0.3, -0.25) is 0 Å².